The topological polar surface area (TPSA) is 106 Å². The van der Waals surface area contributed by atoms with Crippen molar-refractivity contribution in [2.24, 2.45) is 0 Å². The van der Waals surface area contributed by atoms with Gasteiger partial charge in [0.25, 0.3) is 0 Å². The molecule has 0 radical (unpaired) electrons. The minimum absolute atomic E-state index is 0.0422. The number of hydrogen-bond acceptors (Lipinski definition) is 7. The van der Waals surface area contributed by atoms with Crippen molar-refractivity contribution in [3.63, 3.8) is 0 Å². The lowest BCUT2D eigenvalue weighted by molar-refractivity contribution is -0.130. The van der Waals surface area contributed by atoms with Crippen LogP contribution in [-0.4, -0.2) is 59.0 Å². The molecule has 2 N–H and O–H groups in total. The number of aryl methyl sites for hydroxylation is 1. The molecule has 2 heterocycles. The molecule has 0 unspecified atom stereocenters. The van der Waals surface area contributed by atoms with E-state index in [1.807, 2.05) is 6.92 Å². The number of rotatable bonds is 4. The second kappa shape index (κ2) is 6.41. The molecule has 1 aromatic heterocycles. The first-order valence-electron chi connectivity index (χ1n) is 6.93. The van der Waals surface area contributed by atoms with E-state index in [1.165, 1.54) is 16.7 Å². The molecule has 0 bridgehead atoms. The fraction of sp³-hybridized carbons (Fsp3) is 0.615. The van der Waals surface area contributed by atoms with Gasteiger partial charge in [0.2, 0.25) is 5.91 Å². The number of amides is 1. The fourth-order valence-electron chi connectivity index (χ4n) is 2.37. The van der Waals surface area contributed by atoms with Crippen LogP contribution in [0.15, 0.2) is 11.2 Å². The van der Waals surface area contributed by atoms with Crippen LogP contribution in [0.1, 0.15) is 19.0 Å². The van der Waals surface area contributed by atoms with Crippen molar-refractivity contribution in [2.45, 2.75) is 36.7 Å². The van der Waals surface area contributed by atoms with E-state index >= 15 is 0 Å². The summed E-state index contributed by atoms with van der Waals surface area (Å²) in [5.74, 6) is 0.426. The molecule has 2 rings (SSSR count). The predicted octanol–water partition coefficient (Wildman–Crippen LogP) is 0.493. The summed E-state index contributed by atoms with van der Waals surface area (Å²) in [6.45, 7) is 3.57. The molecule has 7 nitrogen and oxygen atoms in total. The molecule has 0 aliphatic carbocycles. The summed E-state index contributed by atoms with van der Waals surface area (Å²) in [4.78, 5) is 22.3. The van der Waals surface area contributed by atoms with Crippen LogP contribution in [0.4, 0.5) is 5.82 Å². The number of carbonyl (C=O) groups is 1. The molecule has 1 amide bonds. The Kier molecular flexibility index (Phi) is 4.96. The van der Waals surface area contributed by atoms with Crippen molar-refractivity contribution in [2.75, 3.05) is 24.3 Å². The highest BCUT2D eigenvalue weighted by Gasteiger charge is 2.34. The Morgan fingerprint density at radius 1 is 1.50 bits per heavy atom. The predicted molar refractivity (Wildman–Crippen MR) is 86.3 cm³/mol. The van der Waals surface area contributed by atoms with Crippen LogP contribution in [0.25, 0.3) is 0 Å². The van der Waals surface area contributed by atoms with Crippen molar-refractivity contribution in [1.29, 1.82) is 0 Å². The molecule has 1 fully saturated rings. The summed E-state index contributed by atoms with van der Waals surface area (Å²) in [6.07, 6.45) is 0.496. The van der Waals surface area contributed by atoms with E-state index in [0.29, 0.717) is 17.4 Å². The van der Waals surface area contributed by atoms with Crippen LogP contribution >= 0.6 is 11.8 Å². The van der Waals surface area contributed by atoms with Gasteiger partial charge in [0.15, 0.2) is 15.0 Å². The number of thioether (sulfide) groups is 1. The van der Waals surface area contributed by atoms with Gasteiger partial charge in [0.05, 0.1) is 16.8 Å². The third kappa shape index (κ3) is 4.10. The van der Waals surface area contributed by atoms with Gasteiger partial charge in [-0.3, -0.25) is 4.79 Å². The van der Waals surface area contributed by atoms with Gasteiger partial charge in [-0.2, -0.15) is 0 Å². The summed E-state index contributed by atoms with van der Waals surface area (Å²) < 4.78 is 23.1. The van der Waals surface area contributed by atoms with Gasteiger partial charge in [-0.15, -0.1) is 0 Å². The van der Waals surface area contributed by atoms with Crippen LogP contribution in [0.3, 0.4) is 0 Å². The van der Waals surface area contributed by atoms with Crippen LogP contribution < -0.4 is 5.73 Å². The minimum Gasteiger partial charge on any atom is -0.384 e. The van der Waals surface area contributed by atoms with Crippen molar-refractivity contribution in [3.05, 3.63) is 11.8 Å². The van der Waals surface area contributed by atoms with Crippen LogP contribution in [-0.2, 0) is 14.6 Å². The first-order chi connectivity index (χ1) is 10.2. The number of anilines is 1. The molecule has 1 aromatic rings. The Hall–Kier alpha value is -1.35. The standard InChI is InChI=1S/C13H20N4O3S2/c1-8-6-11(14)16-13(15-8)21-9(2)12(18)17(3)10-4-5-22(19,20)7-10/h6,9-10H,4-5,7H2,1-3H3,(H2,14,15,16)/t9-,10+/m1/s1. The number of nitrogens with zero attached hydrogens (tertiary/aromatic N) is 3. The maximum absolute atomic E-state index is 12.4. The van der Waals surface area contributed by atoms with Crippen molar-refractivity contribution < 1.29 is 13.2 Å². The van der Waals surface area contributed by atoms with E-state index in [1.54, 1.807) is 20.0 Å². The second-order valence-corrected chi connectivity index (χ2v) is 9.02. The molecule has 2 atom stereocenters. The van der Waals surface area contributed by atoms with Crippen molar-refractivity contribution in [3.8, 4) is 0 Å². The number of aromatic nitrogens is 2. The first-order valence-corrected chi connectivity index (χ1v) is 9.63. The van der Waals surface area contributed by atoms with Crippen LogP contribution in [0.2, 0.25) is 0 Å². The molecular weight excluding hydrogens is 324 g/mol. The Morgan fingerprint density at radius 2 is 2.18 bits per heavy atom. The Morgan fingerprint density at radius 3 is 2.73 bits per heavy atom. The highest BCUT2D eigenvalue weighted by molar-refractivity contribution is 8.00. The number of hydrogen-bond donors (Lipinski definition) is 1. The molecule has 1 saturated heterocycles. The summed E-state index contributed by atoms with van der Waals surface area (Å²) in [7, 11) is -1.36. The first kappa shape index (κ1) is 17.0. The number of carbonyl (C=O) groups excluding carboxylic acids is 1. The monoisotopic (exact) mass is 344 g/mol. The van der Waals surface area contributed by atoms with E-state index in [9.17, 15) is 13.2 Å². The summed E-state index contributed by atoms with van der Waals surface area (Å²) in [5, 5.41) is 0.0419. The van der Waals surface area contributed by atoms with Gasteiger partial charge in [-0.25, -0.2) is 18.4 Å². The van der Waals surface area contributed by atoms with Gasteiger partial charge in [0.1, 0.15) is 5.82 Å². The van der Waals surface area contributed by atoms with E-state index in [4.69, 9.17) is 5.73 Å². The average Bonchev–Trinajstić information content (AvgIpc) is 2.76. The quantitative estimate of drug-likeness (QED) is 0.626. The van der Waals surface area contributed by atoms with Gasteiger partial charge in [-0.1, -0.05) is 11.8 Å². The Bertz CT molecular complexity index is 658. The van der Waals surface area contributed by atoms with Gasteiger partial charge >= 0.3 is 0 Å². The van der Waals surface area contributed by atoms with E-state index < -0.39 is 15.1 Å². The zero-order valence-electron chi connectivity index (χ0n) is 12.8. The van der Waals surface area contributed by atoms with Crippen LogP contribution in [0.5, 0.6) is 0 Å². The third-order valence-corrected chi connectivity index (χ3v) is 6.29. The van der Waals surface area contributed by atoms with Gasteiger partial charge in [0, 0.05) is 24.8 Å². The van der Waals surface area contributed by atoms with E-state index in [2.05, 4.69) is 9.97 Å². The van der Waals surface area contributed by atoms with Crippen molar-refractivity contribution >= 4 is 33.3 Å². The molecule has 0 saturated carbocycles. The zero-order valence-corrected chi connectivity index (χ0v) is 14.4. The SMILES string of the molecule is Cc1cc(N)nc(S[C@H](C)C(=O)N(C)[C@H]2CCS(=O)(=O)C2)n1. The van der Waals surface area contributed by atoms with Gasteiger partial charge in [-0.05, 0) is 20.3 Å². The highest BCUT2D eigenvalue weighted by atomic mass is 32.2. The molecule has 9 heteroatoms. The Labute approximate surface area is 134 Å². The zero-order chi connectivity index (χ0) is 16.5. The lowest BCUT2D eigenvalue weighted by atomic mass is 10.2. The molecule has 0 spiro atoms. The lowest BCUT2D eigenvalue weighted by Crippen LogP contribution is -2.41. The average molecular weight is 344 g/mol. The lowest BCUT2D eigenvalue weighted by Gasteiger charge is -2.26. The molecule has 22 heavy (non-hydrogen) atoms. The summed E-state index contributed by atoms with van der Waals surface area (Å²) >= 11 is 1.22. The smallest absolute Gasteiger partial charge is 0.235 e. The highest BCUT2D eigenvalue weighted by Crippen LogP contribution is 2.24. The third-order valence-electron chi connectivity index (χ3n) is 3.59. The maximum atomic E-state index is 12.4. The second-order valence-electron chi connectivity index (χ2n) is 5.48. The largest absolute Gasteiger partial charge is 0.384 e. The number of sulfone groups is 1. The summed E-state index contributed by atoms with van der Waals surface area (Å²) in [5.41, 5.74) is 6.41. The van der Waals surface area contributed by atoms with Crippen LogP contribution in [0, 0.1) is 6.92 Å². The van der Waals surface area contributed by atoms with E-state index in [-0.39, 0.29) is 23.5 Å². The molecule has 122 valence electrons. The van der Waals surface area contributed by atoms with E-state index in [0.717, 1.165) is 5.69 Å². The normalized spacial score (nSPS) is 21.5. The molecular formula is C13H20N4O3S2. The fourth-order valence-corrected chi connectivity index (χ4v) is 5.09. The molecule has 0 aromatic carbocycles. The van der Waals surface area contributed by atoms with Crippen molar-refractivity contribution in [1.82, 2.24) is 14.9 Å². The molecule has 1 aliphatic rings. The maximum Gasteiger partial charge on any atom is 0.235 e. The Balaban J connectivity index is 2.02. The minimum atomic E-state index is -3.01. The number of nitrogen functional groups attached to an aromatic ring is 1. The van der Waals surface area contributed by atoms with Gasteiger partial charge < -0.3 is 10.6 Å². The summed E-state index contributed by atoms with van der Waals surface area (Å²) in [6, 6.07) is 1.41. The number of nitrogens with two attached hydrogens (primary N) is 1. The molecule has 1 aliphatic heterocycles.